The SMILES string of the molecule is CC(N)Cc1ccc(Oc2cc(CNc3ncc(Cl)cn3)ccn2)cc1.Cl. The summed E-state index contributed by atoms with van der Waals surface area (Å²) in [5.41, 5.74) is 8.00. The second kappa shape index (κ2) is 10.1. The minimum Gasteiger partial charge on any atom is -0.439 e. The maximum Gasteiger partial charge on any atom is 0.222 e. The molecule has 3 aromatic rings. The van der Waals surface area contributed by atoms with Crippen LogP contribution in [0.5, 0.6) is 11.6 Å². The fourth-order valence-electron chi connectivity index (χ4n) is 2.39. The molecule has 0 saturated carbocycles. The molecule has 0 radical (unpaired) electrons. The third-order valence-corrected chi connectivity index (χ3v) is 3.77. The van der Waals surface area contributed by atoms with Gasteiger partial charge in [0.25, 0.3) is 0 Å². The topological polar surface area (TPSA) is 86.0 Å². The Morgan fingerprint density at radius 1 is 1.07 bits per heavy atom. The molecule has 0 saturated heterocycles. The molecule has 27 heavy (non-hydrogen) atoms. The summed E-state index contributed by atoms with van der Waals surface area (Å²) in [6, 6.07) is 11.8. The van der Waals surface area contributed by atoms with Gasteiger partial charge in [0.15, 0.2) is 0 Å². The van der Waals surface area contributed by atoms with E-state index in [1.807, 2.05) is 43.3 Å². The van der Waals surface area contributed by atoms with Gasteiger partial charge >= 0.3 is 0 Å². The molecule has 1 atom stereocenters. The molecule has 1 aromatic carbocycles. The van der Waals surface area contributed by atoms with Gasteiger partial charge in [-0.3, -0.25) is 0 Å². The number of anilines is 1. The highest BCUT2D eigenvalue weighted by Gasteiger charge is 2.03. The smallest absolute Gasteiger partial charge is 0.222 e. The van der Waals surface area contributed by atoms with Gasteiger partial charge in [-0.15, -0.1) is 12.4 Å². The fraction of sp³-hybridized carbons (Fsp3) is 0.211. The lowest BCUT2D eigenvalue weighted by Crippen LogP contribution is -2.17. The van der Waals surface area contributed by atoms with Crippen molar-refractivity contribution >= 4 is 30.0 Å². The predicted octanol–water partition coefficient (Wildman–Crippen LogP) is 4.24. The third-order valence-electron chi connectivity index (χ3n) is 3.57. The summed E-state index contributed by atoms with van der Waals surface area (Å²) in [5, 5.41) is 3.63. The Morgan fingerprint density at radius 2 is 1.78 bits per heavy atom. The lowest BCUT2D eigenvalue weighted by atomic mass is 10.1. The molecule has 3 rings (SSSR count). The molecule has 2 heterocycles. The van der Waals surface area contributed by atoms with Crippen LogP contribution in [0.3, 0.4) is 0 Å². The quantitative estimate of drug-likeness (QED) is 0.611. The Morgan fingerprint density at radius 3 is 2.44 bits per heavy atom. The van der Waals surface area contributed by atoms with Crippen LogP contribution in [0.2, 0.25) is 5.02 Å². The summed E-state index contributed by atoms with van der Waals surface area (Å²) in [5.74, 6) is 1.77. The van der Waals surface area contributed by atoms with E-state index in [1.54, 1.807) is 18.6 Å². The van der Waals surface area contributed by atoms with E-state index in [-0.39, 0.29) is 18.4 Å². The van der Waals surface area contributed by atoms with Crippen molar-refractivity contribution in [3.8, 4) is 11.6 Å². The molecule has 6 nitrogen and oxygen atoms in total. The minimum absolute atomic E-state index is 0. The molecule has 0 spiro atoms. The first-order valence-corrected chi connectivity index (χ1v) is 8.65. The maximum absolute atomic E-state index is 5.83. The number of hydrogen-bond acceptors (Lipinski definition) is 6. The van der Waals surface area contributed by atoms with Crippen molar-refractivity contribution in [3.05, 3.63) is 71.1 Å². The Balaban J connectivity index is 0.00000261. The first-order valence-electron chi connectivity index (χ1n) is 8.27. The van der Waals surface area contributed by atoms with E-state index < -0.39 is 0 Å². The number of nitrogens with zero attached hydrogens (tertiary/aromatic N) is 3. The molecule has 3 N–H and O–H groups in total. The standard InChI is InChI=1S/C19H20ClN5O.ClH/c1-13(21)8-14-2-4-17(5-3-14)26-18-9-15(6-7-22-18)10-23-19-24-11-16(20)12-25-19;/h2-7,9,11-13H,8,10,21H2,1H3,(H,23,24,25);1H. The molecule has 142 valence electrons. The van der Waals surface area contributed by atoms with E-state index in [0.717, 1.165) is 17.7 Å². The summed E-state index contributed by atoms with van der Waals surface area (Å²) >= 11 is 5.78. The normalized spacial score (nSPS) is 11.4. The first kappa shape index (κ1) is 20.9. The lowest BCUT2D eigenvalue weighted by Gasteiger charge is -2.09. The predicted molar refractivity (Wildman–Crippen MR) is 110 cm³/mol. The third kappa shape index (κ3) is 6.67. The van der Waals surface area contributed by atoms with Gasteiger partial charge in [-0.2, -0.15) is 0 Å². The number of nitrogens with one attached hydrogen (secondary N) is 1. The fourth-order valence-corrected chi connectivity index (χ4v) is 2.48. The molecule has 1 unspecified atom stereocenters. The van der Waals surface area contributed by atoms with Gasteiger partial charge in [0.05, 0.1) is 17.4 Å². The Labute approximate surface area is 169 Å². The number of nitrogens with two attached hydrogens (primary N) is 1. The average Bonchev–Trinajstić information content (AvgIpc) is 2.63. The Hall–Kier alpha value is -2.41. The summed E-state index contributed by atoms with van der Waals surface area (Å²) < 4.78 is 5.83. The van der Waals surface area contributed by atoms with Gasteiger partial charge in [-0.05, 0) is 42.7 Å². The van der Waals surface area contributed by atoms with Crippen LogP contribution in [0, 0.1) is 0 Å². The van der Waals surface area contributed by atoms with Gasteiger partial charge in [0, 0.05) is 24.8 Å². The second-order valence-electron chi connectivity index (χ2n) is 6.01. The molecule has 0 aliphatic carbocycles. The van der Waals surface area contributed by atoms with Crippen LogP contribution >= 0.6 is 24.0 Å². The Bertz CT molecular complexity index is 841. The van der Waals surface area contributed by atoms with E-state index >= 15 is 0 Å². The average molecular weight is 406 g/mol. The van der Waals surface area contributed by atoms with Crippen molar-refractivity contribution in [2.24, 2.45) is 5.73 Å². The van der Waals surface area contributed by atoms with Crippen molar-refractivity contribution in [3.63, 3.8) is 0 Å². The molecular weight excluding hydrogens is 385 g/mol. The zero-order valence-electron chi connectivity index (χ0n) is 14.8. The van der Waals surface area contributed by atoms with E-state index in [2.05, 4.69) is 20.3 Å². The van der Waals surface area contributed by atoms with Crippen LogP contribution in [0.25, 0.3) is 0 Å². The van der Waals surface area contributed by atoms with Crippen molar-refractivity contribution in [2.75, 3.05) is 5.32 Å². The van der Waals surface area contributed by atoms with Crippen LogP contribution in [-0.4, -0.2) is 21.0 Å². The number of ether oxygens (including phenoxy) is 1. The highest BCUT2D eigenvalue weighted by atomic mass is 35.5. The highest BCUT2D eigenvalue weighted by molar-refractivity contribution is 6.30. The molecule has 2 aromatic heterocycles. The summed E-state index contributed by atoms with van der Waals surface area (Å²) in [4.78, 5) is 12.5. The van der Waals surface area contributed by atoms with Gasteiger partial charge in [-0.1, -0.05) is 23.7 Å². The van der Waals surface area contributed by atoms with E-state index in [1.165, 1.54) is 5.56 Å². The molecule has 0 fully saturated rings. The second-order valence-corrected chi connectivity index (χ2v) is 6.44. The number of pyridine rings is 1. The number of aromatic nitrogens is 3. The number of hydrogen-bond donors (Lipinski definition) is 2. The molecular formula is C19H21Cl2N5O. The van der Waals surface area contributed by atoms with Crippen LogP contribution in [0.1, 0.15) is 18.1 Å². The maximum atomic E-state index is 5.83. The van der Waals surface area contributed by atoms with Crippen LogP contribution in [0.4, 0.5) is 5.95 Å². The van der Waals surface area contributed by atoms with Crippen molar-refractivity contribution in [1.82, 2.24) is 15.0 Å². The van der Waals surface area contributed by atoms with Crippen LogP contribution in [0.15, 0.2) is 55.0 Å². The van der Waals surface area contributed by atoms with Crippen molar-refractivity contribution in [2.45, 2.75) is 25.9 Å². The van der Waals surface area contributed by atoms with E-state index in [4.69, 9.17) is 22.1 Å². The summed E-state index contributed by atoms with van der Waals surface area (Å²) in [6.07, 6.45) is 5.64. The molecule has 0 aliphatic rings. The molecule has 0 bridgehead atoms. The zero-order valence-corrected chi connectivity index (χ0v) is 16.4. The van der Waals surface area contributed by atoms with E-state index in [9.17, 15) is 0 Å². The van der Waals surface area contributed by atoms with Crippen LogP contribution < -0.4 is 15.8 Å². The van der Waals surface area contributed by atoms with Gasteiger partial charge < -0.3 is 15.8 Å². The highest BCUT2D eigenvalue weighted by Crippen LogP contribution is 2.21. The largest absolute Gasteiger partial charge is 0.439 e. The van der Waals surface area contributed by atoms with Gasteiger partial charge in [0.1, 0.15) is 5.75 Å². The number of halogens is 2. The number of rotatable bonds is 7. The van der Waals surface area contributed by atoms with Crippen molar-refractivity contribution < 1.29 is 4.74 Å². The van der Waals surface area contributed by atoms with Crippen LogP contribution in [-0.2, 0) is 13.0 Å². The summed E-state index contributed by atoms with van der Waals surface area (Å²) in [7, 11) is 0. The lowest BCUT2D eigenvalue weighted by molar-refractivity contribution is 0.462. The Kier molecular flexibility index (Phi) is 7.79. The molecule has 0 aliphatic heterocycles. The van der Waals surface area contributed by atoms with Gasteiger partial charge in [0.2, 0.25) is 11.8 Å². The zero-order chi connectivity index (χ0) is 18.4. The molecule has 8 heteroatoms. The van der Waals surface area contributed by atoms with Gasteiger partial charge in [-0.25, -0.2) is 15.0 Å². The number of benzene rings is 1. The monoisotopic (exact) mass is 405 g/mol. The molecule has 0 amide bonds. The first-order chi connectivity index (χ1) is 12.6. The minimum atomic E-state index is 0. The van der Waals surface area contributed by atoms with Crippen molar-refractivity contribution in [1.29, 1.82) is 0 Å². The summed E-state index contributed by atoms with van der Waals surface area (Å²) in [6.45, 7) is 2.54. The van der Waals surface area contributed by atoms with E-state index in [0.29, 0.717) is 23.4 Å².